The lowest BCUT2D eigenvalue weighted by molar-refractivity contribution is 0.0239. The van der Waals surface area contributed by atoms with E-state index in [4.69, 9.17) is 4.74 Å². The first-order valence-electron chi connectivity index (χ1n) is 9.06. The molecule has 0 aliphatic heterocycles. The van der Waals surface area contributed by atoms with Crippen LogP contribution in [0.15, 0.2) is 12.2 Å². The predicted octanol–water partition coefficient (Wildman–Crippen LogP) is 5.74. The van der Waals surface area contributed by atoms with Crippen LogP contribution in [0.5, 0.6) is 0 Å². The minimum atomic E-state index is 0.576. The van der Waals surface area contributed by atoms with Crippen LogP contribution >= 0.6 is 0 Å². The van der Waals surface area contributed by atoms with E-state index in [2.05, 4.69) is 26.0 Å². The zero-order valence-corrected chi connectivity index (χ0v) is 13.7. The Balaban J connectivity index is 1.58. The van der Waals surface area contributed by atoms with E-state index in [-0.39, 0.29) is 0 Å². The lowest BCUT2D eigenvalue weighted by atomic mass is 9.77. The molecule has 0 saturated heterocycles. The van der Waals surface area contributed by atoms with Crippen molar-refractivity contribution in [3.05, 3.63) is 12.2 Å². The summed E-state index contributed by atoms with van der Waals surface area (Å²) in [6.45, 7) is 5.17. The Morgan fingerprint density at radius 2 is 1.40 bits per heavy atom. The van der Waals surface area contributed by atoms with Gasteiger partial charge in [0.05, 0.1) is 6.10 Å². The largest absolute Gasteiger partial charge is 0.379 e. The van der Waals surface area contributed by atoms with E-state index >= 15 is 0 Å². The highest BCUT2D eigenvalue weighted by atomic mass is 16.5. The molecule has 0 radical (unpaired) electrons. The standard InChI is InChI=1S/C19H34O/c1-3-5-16-6-8-17(9-7-16)10-11-18-12-14-19(15-13-18)20-4-2/h3,5,16-19H,4,6-15H2,1-2H3. The van der Waals surface area contributed by atoms with E-state index in [0.29, 0.717) is 6.10 Å². The van der Waals surface area contributed by atoms with Gasteiger partial charge in [-0.3, -0.25) is 0 Å². The highest BCUT2D eigenvalue weighted by Crippen LogP contribution is 2.36. The highest BCUT2D eigenvalue weighted by molar-refractivity contribution is 4.89. The Morgan fingerprint density at radius 3 is 1.90 bits per heavy atom. The third-order valence-electron chi connectivity index (χ3n) is 5.54. The minimum Gasteiger partial charge on any atom is -0.379 e. The summed E-state index contributed by atoms with van der Waals surface area (Å²) in [5.74, 6) is 2.92. The van der Waals surface area contributed by atoms with E-state index in [1.807, 2.05) is 0 Å². The summed E-state index contributed by atoms with van der Waals surface area (Å²) in [4.78, 5) is 0. The summed E-state index contributed by atoms with van der Waals surface area (Å²) >= 11 is 0. The summed E-state index contributed by atoms with van der Waals surface area (Å²) in [5.41, 5.74) is 0. The summed E-state index contributed by atoms with van der Waals surface area (Å²) < 4.78 is 5.75. The van der Waals surface area contributed by atoms with Gasteiger partial charge in [-0.2, -0.15) is 0 Å². The Hall–Kier alpha value is -0.300. The van der Waals surface area contributed by atoms with E-state index in [1.54, 1.807) is 0 Å². The van der Waals surface area contributed by atoms with Crippen LogP contribution in [0.3, 0.4) is 0 Å². The Morgan fingerprint density at radius 1 is 0.850 bits per heavy atom. The molecule has 2 fully saturated rings. The summed E-state index contributed by atoms with van der Waals surface area (Å²) in [6, 6.07) is 0. The Kier molecular flexibility index (Phi) is 7.13. The van der Waals surface area contributed by atoms with Gasteiger partial charge < -0.3 is 4.74 Å². The van der Waals surface area contributed by atoms with E-state index in [0.717, 1.165) is 24.4 Å². The average molecular weight is 278 g/mol. The van der Waals surface area contributed by atoms with Crippen LogP contribution in [-0.4, -0.2) is 12.7 Å². The van der Waals surface area contributed by atoms with Gasteiger partial charge >= 0.3 is 0 Å². The molecule has 2 rings (SSSR count). The lowest BCUT2D eigenvalue weighted by Crippen LogP contribution is -2.22. The first-order valence-corrected chi connectivity index (χ1v) is 9.06. The van der Waals surface area contributed by atoms with Crippen LogP contribution in [0.4, 0.5) is 0 Å². The van der Waals surface area contributed by atoms with E-state index in [9.17, 15) is 0 Å². The highest BCUT2D eigenvalue weighted by Gasteiger charge is 2.24. The zero-order chi connectivity index (χ0) is 14.2. The van der Waals surface area contributed by atoms with Crippen molar-refractivity contribution in [3.8, 4) is 0 Å². The summed E-state index contributed by atoms with van der Waals surface area (Å²) in [7, 11) is 0. The monoisotopic (exact) mass is 278 g/mol. The SMILES string of the molecule is CC=CC1CCC(CCC2CCC(OCC)CC2)CC1. The van der Waals surface area contributed by atoms with Gasteiger partial charge in [-0.1, -0.05) is 25.0 Å². The topological polar surface area (TPSA) is 9.23 Å². The molecule has 0 aromatic rings. The fourth-order valence-electron chi connectivity index (χ4n) is 4.24. The van der Waals surface area contributed by atoms with Crippen molar-refractivity contribution in [1.82, 2.24) is 0 Å². The molecule has 0 heterocycles. The molecule has 0 N–H and O–H groups in total. The van der Waals surface area contributed by atoms with Gasteiger partial charge in [0.25, 0.3) is 0 Å². The molecule has 0 bridgehead atoms. The van der Waals surface area contributed by atoms with Crippen molar-refractivity contribution in [2.75, 3.05) is 6.61 Å². The minimum absolute atomic E-state index is 0.576. The molecule has 1 nitrogen and oxygen atoms in total. The molecule has 0 unspecified atom stereocenters. The molecule has 116 valence electrons. The second-order valence-electron chi connectivity index (χ2n) is 6.98. The maximum absolute atomic E-state index is 5.75. The molecule has 0 spiro atoms. The molecule has 1 heteroatoms. The number of ether oxygens (including phenoxy) is 1. The fourth-order valence-corrected chi connectivity index (χ4v) is 4.24. The van der Waals surface area contributed by atoms with Gasteiger partial charge in [-0.25, -0.2) is 0 Å². The second kappa shape index (κ2) is 8.87. The normalized spacial score (nSPS) is 35.5. The van der Waals surface area contributed by atoms with Crippen LogP contribution in [0.2, 0.25) is 0 Å². The van der Waals surface area contributed by atoms with E-state index < -0.39 is 0 Å². The first kappa shape index (κ1) is 16.1. The van der Waals surface area contributed by atoms with Crippen LogP contribution in [0.25, 0.3) is 0 Å². The van der Waals surface area contributed by atoms with Gasteiger partial charge in [0.2, 0.25) is 0 Å². The van der Waals surface area contributed by atoms with Crippen molar-refractivity contribution in [3.63, 3.8) is 0 Å². The number of allylic oxidation sites excluding steroid dienone is 2. The molecule has 0 aromatic carbocycles. The molecule has 2 saturated carbocycles. The third kappa shape index (κ3) is 5.24. The molecule has 2 aliphatic rings. The van der Waals surface area contributed by atoms with Gasteiger partial charge in [0.15, 0.2) is 0 Å². The van der Waals surface area contributed by atoms with Crippen molar-refractivity contribution < 1.29 is 4.74 Å². The molecule has 0 aromatic heterocycles. The lowest BCUT2D eigenvalue weighted by Gasteiger charge is -2.31. The quantitative estimate of drug-likeness (QED) is 0.562. The van der Waals surface area contributed by atoms with Crippen molar-refractivity contribution in [1.29, 1.82) is 0 Å². The molecule has 0 amide bonds. The molecular weight excluding hydrogens is 244 g/mol. The maximum atomic E-state index is 5.75. The molecular formula is C19H34O. The third-order valence-corrected chi connectivity index (χ3v) is 5.54. The van der Waals surface area contributed by atoms with Crippen LogP contribution in [-0.2, 0) is 4.74 Å². The Labute approximate surface area is 126 Å². The smallest absolute Gasteiger partial charge is 0.0575 e. The van der Waals surface area contributed by atoms with Gasteiger partial charge in [0.1, 0.15) is 0 Å². The van der Waals surface area contributed by atoms with Crippen LogP contribution < -0.4 is 0 Å². The maximum Gasteiger partial charge on any atom is 0.0575 e. The molecule has 2 aliphatic carbocycles. The first-order chi connectivity index (χ1) is 9.81. The number of rotatable bonds is 6. The fraction of sp³-hybridized carbons (Fsp3) is 0.895. The summed E-state index contributed by atoms with van der Waals surface area (Å²) in [5, 5.41) is 0. The average Bonchev–Trinajstić information content (AvgIpc) is 2.49. The molecule has 20 heavy (non-hydrogen) atoms. The van der Waals surface area contributed by atoms with Gasteiger partial charge in [-0.05, 0) is 83.0 Å². The van der Waals surface area contributed by atoms with Crippen molar-refractivity contribution in [2.24, 2.45) is 17.8 Å². The van der Waals surface area contributed by atoms with Crippen LogP contribution in [0, 0.1) is 17.8 Å². The van der Waals surface area contributed by atoms with Crippen molar-refractivity contribution >= 4 is 0 Å². The predicted molar refractivity (Wildman–Crippen MR) is 86.9 cm³/mol. The van der Waals surface area contributed by atoms with Gasteiger partial charge in [-0.15, -0.1) is 0 Å². The van der Waals surface area contributed by atoms with Crippen LogP contribution in [0.1, 0.15) is 78.1 Å². The zero-order valence-electron chi connectivity index (χ0n) is 13.7. The van der Waals surface area contributed by atoms with Gasteiger partial charge in [0, 0.05) is 6.61 Å². The van der Waals surface area contributed by atoms with E-state index in [1.165, 1.54) is 64.2 Å². The second-order valence-corrected chi connectivity index (χ2v) is 6.98. The summed E-state index contributed by atoms with van der Waals surface area (Å²) in [6.07, 6.45) is 19.5. The van der Waals surface area contributed by atoms with Crippen molar-refractivity contribution in [2.45, 2.75) is 84.2 Å². The number of hydrogen-bond donors (Lipinski definition) is 0. The molecule has 0 atom stereocenters. The Bertz CT molecular complexity index is 267. The number of hydrogen-bond acceptors (Lipinski definition) is 1.